The fourth-order valence-electron chi connectivity index (χ4n) is 2.14. The topological polar surface area (TPSA) is 64.0 Å². The molecule has 1 N–H and O–H groups in total. The van der Waals surface area contributed by atoms with Crippen molar-refractivity contribution < 1.29 is 8.42 Å². The first kappa shape index (κ1) is 18.3. The predicted octanol–water partition coefficient (Wildman–Crippen LogP) is 4.80. The van der Waals surface area contributed by atoms with Gasteiger partial charge in [0.2, 0.25) is 0 Å². The fourth-order valence-corrected chi connectivity index (χ4v) is 3.87. The van der Waals surface area contributed by atoms with E-state index in [1.165, 1.54) is 12.1 Å². The van der Waals surface area contributed by atoms with Gasteiger partial charge in [0.1, 0.15) is 0 Å². The van der Waals surface area contributed by atoms with E-state index in [0.717, 1.165) is 10.0 Å². The average Bonchev–Trinajstić information content (AvgIpc) is 2.97. The van der Waals surface area contributed by atoms with Crippen LogP contribution in [-0.4, -0.2) is 18.2 Å². The van der Waals surface area contributed by atoms with Gasteiger partial charge in [0.15, 0.2) is 5.82 Å². The lowest BCUT2D eigenvalue weighted by Crippen LogP contribution is -2.13. The first-order valence-corrected chi connectivity index (χ1v) is 10.1. The quantitative estimate of drug-likeness (QED) is 0.594. The number of nitrogens with zero attached hydrogens (tertiary/aromatic N) is 2. The van der Waals surface area contributed by atoms with Gasteiger partial charge >= 0.3 is 0 Å². The van der Waals surface area contributed by atoms with E-state index in [2.05, 4.69) is 25.8 Å². The van der Waals surface area contributed by atoms with Crippen LogP contribution < -0.4 is 4.72 Å². The number of nitrogens with one attached hydrogen (secondary N) is 1. The van der Waals surface area contributed by atoms with Crippen LogP contribution in [-0.2, 0) is 16.6 Å². The van der Waals surface area contributed by atoms with E-state index in [-0.39, 0.29) is 10.7 Å². The zero-order valence-corrected chi connectivity index (χ0v) is 16.6. The normalized spacial score (nSPS) is 11.5. The summed E-state index contributed by atoms with van der Waals surface area (Å²) >= 11 is 15.3. The van der Waals surface area contributed by atoms with Crippen LogP contribution >= 0.6 is 39.1 Å². The molecule has 0 bridgehead atoms. The summed E-state index contributed by atoms with van der Waals surface area (Å²) in [6, 6.07) is 13.1. The molecule has 0 amide bonds. The molecule has 3 aromatic rings. The number of aromatic nitrogens is 2. The summed E-state index contributed by atoms with van der Waals surface area (Å²) in [7, 11) is -3.69. The van der Waals surface area contributed by atoms with Crippen molar-refractivity contribution in [2.45, 2.75) is 11.4 Å². The molecular formula is C16H12BrCl2N3O2S. The molecule has 9 heteroatoms. The summed E-state index contributed by atoms with van der Waals surface area (Å²) in [5.41, 5.74) is 0.830. The van der Waals surface area contributed by atoms with E-state index in [4.69, 9.17) is 23.2 Å². The summed E-state index contributed by atoms with van der Waals surface area (Å²) in [4.78, 5) is 0.158. The second-order valence-corrected chi connectivity index (χ2v) is 8.64. The maximum absolute atomic E-state index is 12.4. The largest absolute Gasteiger partial charge is 0.266 e. The minimum atomic E-state index is -3.69. The van der Waals surface area contributed by atoms with Gasteiger partial charge in [-0.3, -0.25) is 9.40 Å². The summed E-state index contributed by atoms with van der Waals surface area (Å²) in [5, 5.41) is 5.30. The van der Waals surface area contributed by atoms with Crippen LogP contribution in [0.1, 0.15) is 5.56 Å². The minimum absolute atomic E-state index is 0.158. The number of halogens is 3. The van der Waals surface area contributed by atoms with Crippen molar-refractivity contribution in [2.75, 3.05) is 4.72 Å². The molecule has 25 heavy (non-hydrogen) atoms. The van der Waals surface area contributed by atoms with Gasteiger partial charge < -0.3 is 0 Å². The lowest BCUT2D eigenvalue weighted by atomic mass is 10.2. The Labute approximate surface area is 163 Å². The number of sulfonamides is 1. The number of hydrogen-bond acceptors (Lipinski definition) is 3. The van der Waals surface area contributed by atoms with Crippen LogP contribution in [0.4, 0.5) is 5.82 Å². The maximum atomic E-state index is 12.4. The van der Waals surface area contributed by atoms with Crippen LogP contribution in [0.25, 0.3) is 0 Å². The standard InChI is InChI=1S/C16H12BrCl2N3O2S/c17-12-2-5-14(6-3-12)25(23,24)21-16-7-8-22(20-16)10-11-1-4-13(18)9-15(11)19/h1-9H,10H2,(H,20,21). The molecule has 0 fully saturated rings. The Hall–Kier alpha value is -1.54. The van der Waals surface area contributed by atoms with Gasteiger partial charge in [0, 0.05) is 26.8 Å². The van der Waals surface area contributed by atoms with Crippen molar-refractivity contribution in [1.29, 1.82) is 0 Å². The van der Waals surface area contributed by atoms with Crippen LogP contribution in [0.15, 0.2) is 64.1 Å². The van der Waals surface area contributed by atoms with Gasteiger partial charge in [-0.2, -0.15) is 5.10 Å². The molecule has 0 aliphatic heterocycles. The monoisotopic (exact) mass is 459 g/mol. The third kappa shape index (κ3) is 4.55. The first-order valence-electron chi connectivity index (χ1n) is 7.09. The molecule has 1 heterocycles. The highest BCUT2D eigenvalue weighted by Crippen LogP contribution is 2.22. The van der Waals surface area contributed by atoms with E-state index >= 15 is 0 Å². The lowest BCUT2D eigenvalue weighted by Gasteiger charge is -2.06. The molecule has 130 valence electrons. The molecule has 0 aliphatic rings. The van der Waals surface area contributed by atoms with Crippen LogP contribution in [0.2, 0.25) is 10.0 Å². The van der Waals surface area contributed by atoms with Gasteiger partial charge in [-0.05, 0) is 42.0 Å². The van der Waals surface area contributed by atoms with E-state index in [0.29, 0.717) is 16.6 Å². The molecule has 0 aliphatic carbocycles. The highest BCUT2D eigenvalue weighted by molar-refractivity contribution is 9.10. The van der Waals surface area contributed by atoms with Crippen LogP contribution in [0.5, 0.6) is 0 Å². The third-order valence-corrected chi connectivity index (χ3v) is 5.84. The van der Waals surface area contributed by atoms with Gasteiger partial charge in [-0.25, -0.2) is 8.42 Å². The summed E-state index contributed by atoms with van der Waals surface area (Å²) in [6.45, 7) is 0.399. The molecular weight excluding hydrogens is 449 g/mol. The molecule has 0 atom stereocenters. The van der Waals surface area contributed by atoms with Crippen molar-refractivity contribution in [3.05, 3.63) is 74.8 Å². The fraction of sp³-hybridized carbons (Fsp3) is 0.0625. The molecule has 0 radical (unpaired) electrons. The highest BCUT2D eigenvalue weighted by Gasteiger charge is 2.15. The number of anilines is 1. The van der Waals surface area contributed by atoms with Crippen molar-refractivity contribution in [1.82, 2.24) is 9.78 Å². The molecule has 3 rings (SSSR count). The molecule has 0 saturated carbocycles. The van der Waals surface area contributed by atoms with Gasteiger partial charge in [-0.15, -0.1) is 0 Å². The Morgan fingerprint density at radius 1 is 1.08 bits per heavy atom. The smallest absolute Gasteiger partial charge is 0.263 e. The van der Waals surface area contributed by atoms with Crippen molar-refractivity contribution in [3.8, 4) is 0 Å². The predicted molar refractivity (Wildman–Crippen MR) is 103 cm³/mol. The van der Waals surface area contributed by atoms with Crippen LogP contribution in [0, 0.1) is 0 Å². The summed E-state index contributed by atoms with van der Waals surface area (Å²) in [6.07, 6.45) is 1.67. The van der Waals surface area contributed by atoms with E-state index in [9.17, 15) is 8.42 Å². The number of benzene rings is 2. The molecule has 1 aromatic heterocycles. The maximum Gasteiger partial charge on any atom is 0.263 e. The number of hydrogen-bond donors (Lipinski definition) is 1. The Kier molecular flexibility index (Phi) is 5.38. The Morgan fingerprint density at radius 2 is 1.80 bits per heavy atom. The van der Waals surface area contributed by atoms with Crippen molar-refractivity contribution in [3.63, 3.8) is 0 Å². The zero-order valence-electron chi connectivity index (χ0n) is 12.7. The lowest BCUT2D eigenvalue weighted by molar-refractivity contribution is 0.600. The summed E-state index contributed by atoms with van der Waals surface area (Å²) < 4.78 is 29.6. The SMILES string of the molecule is O=S(=O)(Nc1ccn(Cc2ccc(Cl)cc2Cl)n1)c1ccc(Br)cc1. The van der Waals surface area contributed by atoms with Gasteiger partial charge in [0.05, 0.1) is 11.4 Å². The van der Waals surface area contributed by atoms with Crippen molar-refractivity contribution in [2.24, 2.45) is 0 Å². The van der Waals surface area contributed by atoms with E-state index in [1.54, 1.807) is 47.3 Å². The molecule has 0 unspecified atom stereocenters. The van der Waals surface area contributed by atoms with Crippen LogP contribution in [0.3, 0.4) is 0 Å². The Balaban J connectivity index is 1.76. The second kappa shape index (κ2) is 7.37. The zero-order chi connectivity index (χ0) is 18.0. The average molecular weight is 461 g/mol. The van der Waals surface area contributed by atoms with Gasteiger partial charge in [0.25, 0.3) is 10.0 Å². The third-order valence-electron chi connectivity index (χ3n) is 3.35. The Bertz CT molecular complexity index is 1000. The van der Waals surface area contributed by atoms with E-state index < -0.39 is 10.0 Å². The second-order valence-electron chi connectivity index (χ2n) is 5.19. The summed E-state index contributed by atoms with van der Waals surface area (Å²) in [5.74, 6) is 0.230. The molecule has 2 aromatic carbocycles. The Morgan fingerprint density at radius 3 is 2.48 bits per heavy atom. The molecule has 0 spiro atoms. The minimum Gasteiger partial charge on any atom is -0.266 e. The van der Waals surface area contributed by atoms with E-state index in [1.807, 2.05) is 0 Å². The molecule has 0 saturated heterocycles. The molecule has 5 nitrogen and oxygen atoms in total. The first-order chi connectivity index (χ1) is 11.8. The number of rotatable bonds is 5. The highest BCUT2D eigenvalue weighted by atomic mass is 79.9. The van der Waals surface area contributed by atoms with Crippen molar-refractivity contribution >= 4 is 55.0 Å². The van der Waals surface area contributed by atoms with Gasteiger partial charge in [-0.1, -0.05) is 45.2 Å².